The van der Waals surface area contributed by atoms with Crippen molar-refractivity contribution >= 4 is 5.69 Å². The molecule has 2 fully saturated rings. The van der Waals surface area contributed by atoms with E-state index in [-0.39, 0.29) is 18.5 Å². The lowest BCUT2D eigenvalue weighted by atomic mass is 10.0. The van der Waals surface area contributed by atoms with Crippen LogP contribution in [0.2, 0.25) is 0 Å². The van der Waals surface area contributed by atoms with Gasteiger partial charge in [-0.15, -0.1) is 0 Å². The number of hydrogen-bond acceptors (Lipinski definition) is 6. The summed E-state index contributed by atoms with van der Waals surface area (Å²) in [6.07, 6.45) is 5.93. The molecule has 0 amide bonds. The maximum absolute atomic E-state index is 5.17. The van der Waals surface area contributed by atoms with E-state index in [1.165, 1.54) is 69.8 Å². The second-order valence-electron chi connectivity index (χ2n) is 16.6. The number of piperidine rings is 1. The Morgan fingerprint density at radius 2 is 1.13 bits per heavy atom. The first-order valence-corrected chi connectivity index (χ1v) is 17.0. The molecule has 1 aromatic carbocycles. The van der Waals surface area contributed by atoms with E-state index in [9.17, 15) is 0 Å². The van der Waals surface area contributed by atoms with Gasteiger partial charge in [0.1, 0.15) is 5.76 Å². The SMILES string of the molecule is C.CC(C)(C)N1CCCCC1.CC(C)(C)NCc1ccco1.CN1CCN(C(C)(C)C)CC1.Cc1ccc(NC(C)(C)C)cc1. The lowest BCUT2D eigenvalue weighted by molar-refractivity contribution is 0.0735. The highest BCUT2D eigenvalue weighted by Gasteiger charge is 2.24. The minimum Gasteiger partial charge on any atom is -0.468 e. The average Bonchev–Trinajstić information content (AvgIpc) is 3.43. The maximum atomic E-state index is 5.17. The molecule has 3 heterocycles. The molecule has 1 aromatic heterocycles. The van der Waals surface area contributed by atoms with Crippen molar-refractivity contribution in [3.63, 3.8) is 0 Å². The van der Waals surface area contributed by atoms with Crippen LogP contribution in [0, 0.1) is 6.92 Å². The van der Waals surface area contributed by atoms with Gasteiger partial charge in [0, 0.05) is 54.0 Å². The summed E-state index contributed by atoms with van der Waals surface area (Å²) in [5, 5.41) is 6.74. The van der Waals surface area contributed by atoms with Gasteiger partial charge in [0.15, 0.2) is 0 Å². The van der Waals surface area contributed by atoms with Gasteiger partial charge in [-0.1, -0.05) is 31.5 Å². The molecule has 6 nitrogen and oxygen atoms in total. The smallest absolute Gasteiger partial charge is 0.117 e. The van der Waals surface area contributed by atoms with Crippen molar-refractivity contribution in [2.75, 3.05) is 51.6 Å². The first-order chi connectivity index (χ1) is 20.2. The summed E-state index contributed by atoms with van der Waals surface area (Å²) in [4.78, 5) is 7.52. The van der Waals surface area contributed by atoms with Crippen LogP contribution in [0.15, 0.2) is 47.1 Å². The third-order valence-corrected chi connectivity index (χ3v) is 7.70. The van der Waals surface area contributed by atoms with E-state index in [0.717, 1.165) is 12.3 Å². The van der Waals surface area contributed by atoms with Crippen LogP contribution in [0.1, 0.15) is 121 Å². The van der Waals surface area contributed by atoms with Gasteiger partial charge in [0.05, 0.1) is 12.8 Å². The Labute approximate surface area is 280 Å². The number of likely N-dealkylation sites (N-methyl/N-ethyl adjacent to an activating group) is 1. The van der Waals surface area contributed by atoms with Crippen LogP contribution in [-0.4, -0.2) is 83.2 Å². The van der Waals surface area contributed by atoms with Crippen LogP contribution in [-0.2, 0) is 6.54 Å². The molecule has 2 aliphatic heterocycles. The monoisotopic (exact) mass is 630 g/mol. The second kappa shape index (κ2) is 19.7. The number of rotatable bonds is 3. The molecule has 262 valence electrons. The summed E-state index contributed by atoms with van der Waals surface area (Å²) in [5.41, 5.74) is 3.56. The molecule has 2 aromatic rings. The lowest BCUT2D eigenvalue weighted by Gasteiger charge is -2.41. The van der Waals surface area contributed by atoms with E-state index in [0.29, 0.717) is 11.1 Å². The van der Waals surface area contributed by atoms with E-state index in [1.807, 2.05) is 12.1 Å². The molecule has 45 heavy (non-hydrogen) atoms. The number of nitrogens with zero attached hydrogens (tertiary/aromatic N) is 3. The van der Waals surface area contributed by atoms with Crippen molar-refractivity contribution in [3.8, 4) is 0 Å². The van der Waals surface area contributed by atoms with Crippen LogP contribution in [0.3, 0.4) is 0 Å². The van der Waals surface area contributed by atoms with Gasteiger partial charge in [-0.3, -0.25) is 9.80 Å². The van der Waals surface area contributed by atoms with Gasteiger partial charge in [0.25, 0.3) is 0 Å². The molecular weight excluding hydrogens is 554 g/mol. The molecule has 2 N–H and O–H groups in total. The molecule has 0 aliphatic carbocycles. The Bertz CT molecular complexity index is 975. The zero-order valence-electron chi connectivity index (χ0n) is 31.4. The number of nitrogens with one attached hydrogen (secondary N) is 2. The second-order valence-corrected chi connectivity index (χ2v) is 16.6. The summed E-state index contributed by atoms with van der Waals surface area (Å²) in [6.45, 7) is 37.1. The van der Waals surface area contributed by atoms with Crippen molar-refractivity contribution in [3.05, 3.63) is 54.0 Å². The largest absolute Gasteiger partial charge is 0.468 e. The molecule has 0 radical (unpaired) electrons. The highest BCUT2D eigenvalue weighted by molar-refractivity contribution is 5.46. The van der Waals surface area contributed by atoms with Crippen LogP contribution >= 0.6 is 0 Å². The van der Waals surface area contributed by atoms with Crippen molar-refractivity contribution in [1.29, 1.82) is 0 Å². The lowest BCUT2D eigenvalue weighted by Crippen LogP contribution is -2.52. The Morgan fingerprint density at radius 3 is 1.51 bits per heavy atom. The van der Waals surface area contributed by atoms with Crippen LogP contribution in [0.25, 0.3) is 0 Å². The fourth-order valence-corrected chi connectivity index (χ4v) is 4.88. The van der Waals surface area contributed by atoms with Crippen molar-refractivity contribution in [2.24, 2.45) is 0 Å². The summed E-state index contributed by atoms with van der Waals surface area (Å²) in [5.74, 6) is 0.986. The Kier molecular flexibility index (Phi) is 18.9. The first kappa shape index (κ1) is 43.1. The topological polar surface area (TPSA) is 46.9 Å². The molecular formula is C39H75N5O. The molecule has 2 saturated heterocycles. The third-order valence-electron chi connectivity index (χ3n) is 7.70. The molecule has 0 bridgehead atoms. The first-order valence-electron chi connectivity index (χ1n) is 17.0. The maximum Gasteiger partial charge on any atom is 0.117 e. The van der Waals surface area contributed by atoms with Gasteiger partial charge < -0.3 is 20.0 Å². The Hall–Kier alpha value is -1.86. The number of likely N-dealkylation sites (tertiary alicyclic amines) is 1. The van der Waals surface area contributed by atoms with Crippen molar-refractivity contribution < 1.29 is 4.42 Å². The predicted molar refractivity (Wildman–Crippen MR) is 201 cm³/mol. The highest BCUT2D eigenvalue weighted by Crippen LogP contribution is 2.19. The standard InChI is InChI=1S/C11H17N.C9H20N2.C9H15NO.C9H19N.CH4/c1-9-5-7-10(8-6-9)12-11(2,3)4;1-9(2,3)11-7-5-10(4)6-8-11;1-9(2,3)10-7-8-5-4-6-11-8;1-9(2,3)10-7-5-4-6-8-10;/h5-8,12H,1-4H3;5-8H2,1-4H3;4-6,10H,7H2,1-3H3;4-8H2,1-3H3;1H4. The van der Waals surface area contributed by atoms with Crippen LogP contribution < -0.4 is 10.6 Å². The number of benzene rings is 1. The van der Waals surface area contributed by atoms with Gasteiger partial charge in [0.2, 0.25) is 0 Å². The fraction of sp³-hybridized carbons (Fsp3) is 0.744. The Balaban J connectivity index is 0.000000570. The summed E-state index contributed by atoms with van der Waals surface area (Å²) >= 11 is 0. The number of piperazine rings is 1. The normalized spacial score (nSPS) is 16.9. The Morgan fingerprint density at radius 1 is 0.644 bits per heavy atom. The zero-order valence-corrected chi connectivity index (χ0v) is 31.4. The molecule has 0 unspecified atom stereocenters. The quantitative estimate of drug-likeness (QED) is 0.353. The molecule has 0 saturated carbocycles. The number of aryl methyl sites for hydroxylation is 1. The molecule has 2 aliphatic rings. The van der Waals surface area contributed by atoms with E-state index in [1.54, 1.807) is 6.26 Å². The minimum absolute atomic E-state index is 0. The summed E-state index contributed by atoms with van der Waals surface area (Å²) in [7, 11) is 2.19. The van der Waals surface area contributed by atoms with E-state index in [2.05, 4.69) is 147 Å². The average molecular weight is 630 g/mol. The zero-order chi connectivity index (χ0) is 33.6. The molecule has 6 heteroatoms. The highest BCUT2D eigenvalue weighted by atomic mass is 16.3. The van der Waals surface area contributed by atoms with E-state index >= 15 is 0 Å². The molecule has 4 rings (SSSR count). The number of furan rings is 1. The number of anilines is 1. The van der Waals surface area contributed by atoms with Crippen LogP contribution in [0.5, 0.6) is 0 Å². The van der Waals surface area contributed by atoms with Crippen molar-refractivity contribution in [1.82, 2.24) is 20.0 Å². The predicted octanol–water partition coefficient (Wildman–Crippen LogP) is 9.31. The van der Waals surface area contributed by atoms with E-state index in [4.69, 9.17) is 4.42 Å². The van der Waals surface area contributed by atoms with Crippen molar-refractivity contribution in [2.45, 2.75) is 145 Å². The van der Waals surface area contributed by atoms with E-state index < -0.39 is 0 Å². The van der Waals surface area contributed by atoms with Gasteiger partial charge in [-0.2, -0.15) is 0 Å². The van der Waals surface area contributed by atoms with Gasteiger partial charge in [-0.05, 0) is 147 Å². The third kappa shape index (κ3) is 21.5. The number of hydrogen-bond donors (Lipinski definition) is 2. The summed E-state index contributed by atoms with van der Waals surface area (Å²) < 4.78 is 5.17. The van der Waals surface area contributed by atoms with Crippen LogP contribution in [0.4, 0.5) is 5.69 Å². The van der Waals surface area contributed by atoms with Gasteiger partial charge >= 0.3 is 0 Å². The molecule has 0 spiro atoms. The summed E-state index contributed by atoms with van der Waals surface area (Å²) in [6, 6.07) is 12.3. The van der Waals surface area contributed by atoms with Gasteiger partial charge in [-0.25, -0.2) is 0 Å². The minimum atomic E-state index is 0. The molecule has 0 atom stereocenters. The fourth-order valence-electron chi connectivity index (χ4n) is 4.88.